The highest BCUT2D eigenvalue weighted by Gasteiger charge is 2.02. The Kier molecular flexibility index (Phi) is 16.0. The van der Waals surface area contributed by atoms with Crippen molar-refractivity contribution in [3.63, 3.8) is 0 Å². The summed E-state index contributed by atoms with van der Waals surface area (Å²) < 4.78 is 21.6. The molecule has 0 saturated heterocycles. The number of hydrogen-bond acceptors (Lipinski definition) is 5. The lowest BCUT2D eigenvalue weighted by Gasteiger charge is -2.08. The van der Waals surface area contributed by atoms with Crippen LogP contribution in [0.15, 0.2) is 0 Å². The molecule has 5 nitrogen and oxygen atoms in total. The topological polar surface area (TPSA) is 54.0 Å². The molecule has 0 aromatic heterocycles. The summed E-state index contributed by atoms with van der Waals surface area (Å²) in [6, 6.07) is 0. The zero-order valence-electron chi connectivity index (χ0n) is 15.5. The first-order valence-electron chi connectivity index (χ1n) is 8.89. The van der Waals surface area contributed by atoms with Crippen molar-refractivity contribution in [1.82, 2.24) is 0 Å². The van der Waals surface area contributed by atoms with Gasteiger partial charge >= 0.3 is 0 Å². The van der Waals surface area contributed by atoms with Crippen molar-refractivity contribution in [1.29, 1.82) is 0 Å². The highest BCUT2D eigenvalue weighted by Crippen LogP contribution is 1.99. The third-order valence-corrected chi connectivity index (χ3v) is 3.16. The predicted octanol–water partition coefficient (Wildman–Crippen LogP) is 3.25. The molecule has 0 aliphatic carbocycles. The zero-order chi connectivity index (χ0) is 17.3. The lowest BCUT2D eigenvalue weighted by atomic mass is 10.1. The second-order valence-electron chi connectivity index (χ2n) is 6.33. The Morgan fingerprint density at radius 1 is 0.739 bits per heavy atom. The van der Waals surface area contributed by atoms with Crippen molar-refractivity contribution in [3.05, 3.63) is 0 Å². The van der Waals surface area contributed by atoms with Crippen molar-refractivity contribution in [2.45, 2.75) is 59.5 Å². The fourth-order valence-corrected chi connectivity index (χ4v) is 1.76. The van der Waals surface area contributed by atoms with E-state index in [1.54, 1.807) is 0 Å². The second-order valence-corrected chi connectivity index (χ2v) is 6.33. The average Bonchev–Trinajstić information content (AvgIpc) is 2.48. The van der Waals surface area contributed by atoms with Gasteiger partial charge in [0.15, 0.2) is 0 Å². The van der Waals surface area contributed by atoms with E-state index in [-0.39, 0.29) is 11.9 Å². The molecule has 0 rings (SSSR count). The summed E-state index contributed by atoms with van der Waals surface area (Å²) in [6.07, 6.45) is 3.15. The summed E-state index contributed by atoms with van der Waals surface area (Å²) in [7, 11) is 0. The minimum absolute atomic E-state index is 0.231. The Balaban J connectivity index is 3.16. The number of ether oxygens (including phenoxy) is 4. The Morgan fingerprint density at radius 3 is 1.87 bits per heavy atom. The van der Waals surface area contributed by atoms with Crippen molar-refractivity contribution < 1.29 is 23.7 Å². The van der Waals surface area contributed by atoms with E-state index in [0.29, 0.717) is 58.4 Å². The molecule has 0 aliphatic heterocycles. The Hall–Kier alpha value is -0.490. The summed E-state index contributed by atoms with van der Waals surface area (Å²) >= 11 is 0. The minimum Gasteiger partial charge on any atom is -0.379 e. The van der Waals surface area contributed by atoms with Gasteiger partial charge in [0.05, 0.1) is 39.1 Å². The van der Waals surface area contributed by atoms with Crippen molar-refractivity contribution in [2.24, 2.45) is 5.92 Å². The number of carbonyl (C=O) groups excluding carboxylic acids is 1. The van der Waals surface area contributed by atoms with Crippen LogP contribution in [0.4, 0.5) is 0 Å². The molecule has 23 heavy (non-hydrogen) atoms. The van der Waals surface area contributed by atoms with Gasteiger partial charge in [-0.05, 0) is 32.6 Å². The molecule has 0 spiro atoms. The van der Waals surface area contributed by atoms with E-state index < -0.39 is 0 Å². The number of Topliss-reactive ketones (excluding diaryl/α,β-unsaturated/α-hetero) is 1. The van der Waals surface area contributed by atoms with E-state index in [0.717, 1.165) is 19.4 Å². The van der Waals surface area contributed by atoms with E-state index in [9.17, 15) is 4.79 Å². The standard InChI is InChI=1S/C18H36O5/c1-16(2)7-10-20-12-14-22-15-13-21-11-8-18(19)6-5-9-23-17(3)4/h16-17H,5-15H2,1-4H3. The average molecular weight is 332 g/mol. The summed E-state index contributed by atoms with van der Waals surface area (Å²) in [5.41, 5.74) is 0. The molecule has 0 heterocycles. The first kappa shape index (κ1) is 22.5. The van der Waals surface area contributed by atoms with E-state index in [2.05, 4.69) is 13.8 Å². The lowest BCUT2D eigenvalue weighted by molar-refractivity contribution is -0.120. The normalized spacial score (nSPS) is 11.6. The van der Waals surface area contributed by atoms with E-state index >= 15 is 0 Å². The van der Waals surface area contributed by atoms with E-state index in [4.69, 9.17) is 18.9 Å². The van der Waals surface area contributed by atoms with Crippen LogP contribution in [-0.2, 0) is 23.7 Å². The first-order valence-corrected chi connectivity index (χ1v) is 8.89. The van der Waals surface area contributed by atoms with Gasteiger partial charge in [-0.1, -0.05) is 13.8 Å². The molecule has 0 atom stereocenters. The monoisotopic (exact) mass is 332 g/mol. The summed E-state index contributed by atoms with van der Waals surface area (Å²) in [5, 5.41) is 0. The molecule has 0 amide bonds. The summed E-state index contributed by atoms with van der Waals surface area (Å²) in [4.78, 5) is 11.6. The maximum absolute atomic E-state index is 11.6. The number of rotatable bonds is 17. The smallest absolute Gasteiger partial charge is 0.135 e. The molecule has 0 N–H and O–H groups in total. The van der Waals surface area contributed by atoms with E-state index in [1.165, 1.54) is 0 Å². The van der Waals surface area contributed by atoms with Gasteiger partial charge in [-0.15, -0.1) is 0 Å². The molecule has 0 aromatic rings. The quantitative estimate of drug-likeness (QED) is 0.383. The van der Waals surface area contributed by atoms with Crippen LogP contribution >= 0.6 is 0 Å². The summed E-state index contributed by atoms with van der Waals surface area (Å²) in [5.74, 6) is 0.909. The van der Waals surface area contributed by atoms with Crippen molar-refractivity contribution in [3.8, 4) is 0 Å². The van der Waals surface area contributed by atoms with Gasteiger partial charge in [0, 0.05) is 26.1 Å². The van der Waals surface area contributed by atoms with Gasteiger partial charge in [-0.2, -0.15) is 0 Å². The van der Waals surface area contributed by atoms with Crippen LogP contribution in [0.1, 0.15) is 53.4 Å². The highest BCUT2D eigenvalue weighted by atomic mass is 16.5. The van der Waals surface area contributed by atoms with Gasteiger partial charge in [0.2, 0.25) is 0 Å². The lowest BCUT2D eigenvalue weighted by Crippen LogP contribution is -2.12. The maximum Gasteiger partial charge on any atom is 0.135 e. The van der Waals surface area contributed by atoms with Gasteiger partial charge in [0.25, 0.3) is 0 Å². The Bertz CT molecular complexity index is 266. The van der Waals surface area contributed by atoms with Gasteiger partial charge in [-0.25, -0.2) is 0 Å². The van der Waals surface area contributed by atoms with Crippen LogP contribution < -0.4 is 0 Å². The molecule has 0 saturated carbocycles. The third kappa shape index (κ3) is 19.5. The van der Waals surface area contributed by atoms with Crippen LogP contribution in [0.5, 0.6) is 0 Å². The minimum atomic E-state index is 0.231. The number of ketones is 1. The zero-order valence-corrected chi connectivity index (χ0v) is 15.5. The van der Waals surface area contributed by atoms with Crippen LogP contribution in [0.3, 0.4) is 0 Å². The fraction of sp³-hybridized carbons (Fsp3) is 0.944. The van der Waals surface area contributed by atoms with Crippen molar-refractivity contribution in [2.75, 3.05) is 46.2 Å². The number of carbonyl (C=O) groups is 1. The molecule has 0 unspecified atom stereocenters. The molecule has 5 heteroatoms. The molecule has 138 valence electrons. The Morgan fingerprint density at radius 2 is 1.30 bits per heavy atom. The number of hydrogen-bond donors (Lipinski definition) is 0. The second kappa shape index (κ2) is 16.4. The third-order valence-electron chi connectivity index (χ3n) is 3.16. The molecular formula is C18H36O5. The largest absolute Gasteiger partial charge is 0.379 e. The van der Waals surface area contributed by atoms with Crippen molar-refractivity contribution >= 4 is 5.78 Å². The molecule has 0 radical (unpaired) electrons. The maximum atomic E-state index is 11.6. The van der Waals surface area contributed by atoms with Gasteiger partial charge in [-0.3, -0.25) is 4.79 Å². The van der Waals surface area contributed by atoms with Crippen LogP contribution in [0.25, 0.3) is 0 Å². The highest BCUT2D eigenvalue weighted by molar-refractivity contribution is 5.78. The SMILES string of the molecule is CC(C)CCOCCOCCOCCC(=O)CCCOC(C)C. The molecule has 0 aromatic carbocycles. The predicted molar refractivity (Wildman–Crippen MR) is 91.9 cm³/mol. The fourth-order valence-electron chi connectivity index (χ4n) is 1.76. The van der Waals surface area contributed by atoms with E-state index in [1.807, 2.05) is 13.8 Å². The van der Waals surface area contributed by atoms with Crippen LogP contribution in [0.2, 0.25) is 0 Å². The first-order chi connectivity index (χ1) is 11.0. The van der Waals surface area contributed by atoms with Gasteiger partial charge in [0.1, 0.15) is 5.78 Å². The summed E-state index contributed by atoms with van der Waals surface area (Å²) in [6.45, 7) is 12.6. The molecule has 0 fully saturated rings. The van der Waals surface area contributed by atoms with Crippen LogP contribution in [0, 0.1) is 5.92 Å². The van der Waals surface area contributed by atoms with Crippen LogP contribution in [-0.4, -0.2) is 58.1 Å². The molecular weight excluding hydrogens is 296 g/mol. The van der Waals surface area contributed by atoms with Gasteiger partial charge < -0.3 is 18.9 Å². The molecule has 0 bridgehead atoms. The Labute approximate surface area is 142 Å². The molecule has 0 aliphatic rings.